The van der Waals surface area contributed by atoms with Crippen LogP contribution in [0.4, 0.5) is 0 Å². The average molecular weight is 447 g/mol. The van der Waals surface area contributed by atoms with Gasteiger partial charge in [0.25, 0.3) is 5.91 Å². The van der Waals surface area contributed by atoms with E-state index in [2.05, 4.69) is 31.3 Å². The van der Waals surface area contributed by atoms with Gasteiger partial charge in [0.05, 0.1) is 0 Å². The number of hydrogen-bond acceptors (Lipinski definition) is 4. The van der Waals surface area contributed by atoms with Crippen LogP contribution in [0.25, 0.3) is 5.69 Å². The number of aryl methyl sites for hydroxylation is 4. The van der Waals surface area contributed by atoms with Crippen LogP contribution in [0.3, 0.4) is 0 Å². The van der Waals surface area contributed by atoms with Crippen LogP contribution in [-0.2, 0) is 9.53 Å². The second kappa shape index (κ2) is 9.86. The number of hydrogen-bond donors (Lipinski definition) is 1. The summed E-state index contributed by atoms with van der Waals surface area (Å²) >= 11 is 0. The Bertz CT molecular complexity index is 1220. The summed E-state index contributed by atoms with van der Waals surface area (Å²) in [5, 5.41) is 2.61. The van der Waals surface area contributed by atoms with Gasteiger partial charge in [0.1, 0.15) is 6.04 Å². The molecule has 172 valence electrons. The molecule has 1 aromatic heterocycles. The number of aromatic nitrogens is 1. The highest BCUT2D eigenvalue weighted by Crippen LogP contribution is 2.23. The monoisotopic (exact) mass is 446 g/mol. The maximum atomic E-state index is 12.8. The minimum absolute atomic E-state index is 0.288. The third-order valence-electron chi connectivity index (χ3n) is 5.81. The molecule has 0 spiro atoms. The van der Waals surface area contributed by atoms with Gasteiger partial charge in [-0.2, -0.15) is 0 Å². The number of carbonyl (C=O) groups excluding carboxylic acids is 3. The molecule has 1 unspecified atom stereocenters. The summed E-state index contributed by atoms with van der Waals surface area (Å²) < 4.78 is 7.23. The lowest BCUT2D eigenvalue weighted by molar-refractivity contribution is -0.144. The fraction of sp³-hybridized carbons (Fsp3) is 0.296. The fourth-order valence-corrected chi connectivity index (χ4v) is 3.77. The van der Waals surface area contributed by atoms with Crippen LogP contribution in [0.1, 0.15) is 55.7 Å². The zero-order valence-corrected chi connectivity index (χ0v) is 20.0. The number of ketones is 1. The lowest BCUT2D eigenvalue weighted by atomic mass is 10.1. The highest BCUT2D eigenvalue weighted by Gasteiger charge is 2.22. The Morgan fingerprint density at radius 3 is 2.33 bits per heavy atom. The summed E-state index contributed by atoms with van der Waals surface area (Å²) in [4.78, 5) is 37.5. The molecule has 0 aliphatic carbocycles. The van der Waals surface area contributed by atoms with E-state index in [1.54, 1.807) is 18.2 Å². The predicted molar refractivity (Wildman–Crippen MR) is 128 cm³/mol. The van der Waals surface area contributed by atoms with Crippen LogP contribution in [-0.4, -0.2) is 34.9 Å². The lowest BCUT2D eigenvalue weighted by Crippen LogP contribution is -2.40. The molecule has 33 heavy (non-hydrogen) atoms. The van der Waals surface area contributed by atoms with E-state index in [0.717, 1.165) is 22.6 Å². The third-order valence-corrected chi connectivity index (χ3v) is 5.81. The minimum Gasteiger partial charge on any atom is -0.456 e. The summed E-state index contributed by atoms with van der Waals surface area (Å²) in [5.74, 6) is -1.32. The van der Waals surface area contributed by atoms with E-state index in [4.69, 9.17) is 4.74 Å². The van der Waals surface area contributed by atoms with Gasteiger partial charge < -0.3 is 14.6 Å². The Morgan fingerprint density at radius 2 is 1.67 bits per heavy atom. The molecule has 3 rings (SSSR count). The van der Waals surface area contributed by atoms with E-state index >= 15 is 0 Å². The maximum absolute atomic E-state index is 12.8. The number of esters is 1. The van der Waals surface area contributed by atoms with E-state index in [-0.39, 0.29) is 18.3 Å². The summed E-state index contributed by atoms with van der Waals surface area (Å²) in [6, 6.07) is 14.2. The smallest absolute Gasteiger partial charge is 0.328 e. The summed E-state index contributed by atoms with van der Waals surface area (Å²) in [5.41, 5.74) is 6.98. The quantitative estimate of drug-likeness (QED) is 0.426. The molecule has 6 nitrogen and oxygen atoms in total. The topological polar surface area (TPSA) is 77.4 Å². The molecule has 6 heteroatoms. The van der Waals surface area contributed by atoms with Crippen LogP contribution >= 0.6 is 0 Å². The van der Waals surface area contributed by atoms with Gasteiger partial charge >= 0.3 is 5.97 Å². The first-order valence-corrected chi connectivity index (χ1v) is 10.9. The normalized spacial score (nSPS) is 11.7. The molecule has 0 fully saturated rings. The standard InChI is InChI=1S/C27H30N2O4/c1-16-8-7-9-22(12-16)26(31)28-20(5)27(32)33-15-25(30)24-14-19(4)29(21(24)6)23-11-10-17(2)18(3)13-23/h7-14,20H,15H2,1-6H3,(H,28,31). The Morgan fingerprint density at radius 1 is 0.939 bits per heavy atom. The van der Waals surface area contributed by atoms with Crippen molar-refractivity contribution in [3.8, 4) is 5.69 Å². The van der Waals surface area contributed by atoms with Crippen LogP contribution < -0.4 is 5.32 Å². The summed E-state index contributed by atoms with van der Waals surface area (Å²) in [7, 11) is 0. The van der Waals surface area contributed by atoms with Crippen LogP contribution in [0.5, 0.6) is 0 Å². The lowest BCUT2D eigenvalue weighted by Gasteiger charge is -2.14. The van der Waals surface area contributed by atoms with Crippen molar-refractivity contribution in [1.82, 2.24) is 9.88 Å². The van der Waals surface area contributed by atoms with Crippen molar-refractivity contribution in [1.29, 1.82) is 0 Å². The predicted octanol–water partition coefficient (Wildman–Crippen LogP) is 4.56. The van der Waals surface area contributed by atoms with Crippen molar-refractivity contribution in [2.24, 2.45) is 0 Å². The molecule has 1 heterocycles. The number of Topliss-reactive ketones (excluding diaryl/α,β-unsaturated/α-hetero) is 1. The van der Waals surface area contributed by atoms with Crippen LogP contribution in [0.15, 0.2) is 48.5 Å². The van der Waals surface area contributed by atoms with Gasteiger partial charge in [-0.1, -0.05) is 23.8 Å². The van der Waals surface area contributed by atoms with E-state index in [1.807, 2.05) is 43.5 Å². The molecular formula is C27H30N2O4. The van der Waals surface area contributed by atoms with Gasteiger partial charge in [-0.05, 0) is 83.0 Å². The van der Waals surface area contributed by atoms with Crippen LogP contribution in [0, 0.1) is 34.6 Å². The van der Waals surface area contributed by atoms with Crippen molar-refractivity contribution in [3.05, 3.63) is 87.7 Å². The average Bonchev–Trinajstić information content (AvgIpc) is 3.07. The van der Waals surface area contributed by atoms with Crippen molar-refractivity contribution < 1.29 is 19.1 Å². The highest BCUT2D eigenvalue weighted by atomic mass is 16.5. The number of rotatable bonds is 7. The van der Waals surface area contributed by atoms with Gasteiger partial charge in [0, 0.05) is 28.2 Å². The van der Waals surface area contributed by atoms with Crippen molar-refractivity contribution >= 4 is 17.7 Å². The van der Waals surface area contributed by atoms with Crippen LogP contribution in [0.2, 0.25) is 0 Å². The molecule has 0 bridgehead atoms. The molecule has 0 radical (unpaired) electrons. The third kappa shape index (κ3) is 5.40. The SMILES string of the molecule is Cc1cccc(C(=O)NC(C)C(=O)OCC(=O)c2cc(C)n(-c3ccc(C)c(C)c3)c2C)c1. The second-order valence-corrected chi connectivity index (χ2v) is 8.48. The first kappa shape index (κ1) is 24.0. The Balaban J connectivity index is 1.65. The Labute approximate surface area is 194 Å². The molecule has 0 saturated carbocycles. The van der Waals surface area contributed by atoms with Gasteiger partial charge in [-0.25, -0.2) is 4.79 Å². The van der Waals surface area contributed by atoms with E-state index in [0.29, 0.717) is 11.1 Å². The molecule has 1 amide bonds. The first-order valence-electron chi connectivity index (χ1n) is 10.9. The molecule has 0 aliphatic rings. The molecule has 3 aromatic rings. The minimum atomic E-state index is -0.881. The van der Waals surface area contributed by atoms with E-state index in [9.17, 15) is 14.4 Å². The number of benzene rings is 2. The molecule has 1 atom stereocenters. The first-order chi connectivity index (χ1) is 15.6. The Hall–Kier alpha value is -3.67. The number of nitrogens with one attached hydrogen (secondary N) is 1. The molecule has 1 N–H and O–H groups in total. The molecule has 0 saturated heterocycles. The second-order valence-electron chi connectivity index (χ2n) is 8.48. The maximum Gasteiger partial charge on any atom is 0.328 e. The van der Waals surface area contributed by atoms with Crippen molar-refractivity contribution in [3.63, 3.8) is 0 Å². The van der Waals surface area contributed by atoms with Gasteiger partial charge in [-0.3, -0.25) is 9.59 Å². The molecule has 2 aromatic carbocycles. The van der Waals surface area contributed by atoms with E-state index < -0.39 is 12.0 Å². The van der Waals surface area contributed by atoms with Gasteiger partial charge in [-0.15, -0.1) is 0 Å². The van der Waals surface area contributed by atoms with Gasteiger partial charge in [0.2, 0.25) is 5.78 Å². The molecular weight excluding hydrogens is 416 g/mol. The number of carbonyl (C=O) groups is 3. The van der Waals surface area contributed by atoms with Gasteiger partial charge in [0.15, 0.2) is 6.61 Å². The van der Waals surface area contributed by atoms with Crippen molar-refractivity contribution in [2.45, 2.75) is 47.6 Å². The number of amides is 1. The zero-order valence-electron chi connectivity index (χ0n) is 20.0. The zero-order chi connectivity index (χ0) is 24.3. The highest BCUT2D eigenvalue weighted by molar-refractivity contribution is 6.00. The Kier molecular flexibility index (Phi) is 7.16. The summed E-state index contributed by atoms with van der Waals surface area (Å²) in [6.07, 6.45) is 0. The largest absolute Gasteiger partial charge is 0.456 e. The number of ether oxygens (including phenoxy) is 1. The molecule has 0 aliphatic heterocycles. The van der Waals surface area contributed by atoms with Crippen molar-refractivity contribution in [2.75, 3.05) is 6.61 Å². The summed E-state index contributed by atoms with van der Waals surface area (Å²) in [6.45, 7) is 11.0. The number of nitrogens with zero attached hydrogens (tertiary/aromatic N) is 1. The van der Waals surface area contributed by atoms with E-state index in [1.165, 1.54) is 18.1 Å². The fourth-order valence-electron chi connectivity index (χ4n) is 3.77.